The largest absolute Gasteiger partial charge is 0.489 e. The molecule has 3 nitrogen and oxygen atoms in total. The highest BCUT2D eigenvalue weighted by Gasteiger charge is 2.17. The van der Waals surface area contributed by atoms with E-state index in [0.29, 0.717) is 11.3 Å². The smallest absolute Gasteiger partial charge is 0.163 e. The van der Waals surface area contributed by atoms with Crippen molar-refractivity contribution in [2.75, 3.05) is 6.61 Å². The summed E-state index contributed by atoms with van der Waals surface area (Å²) in [6.45, 7) is 5.00. The monoisotopic (exact) mass is 258 g/mol. The summed E-state index contributed by atoms with van der Waals surface area (Å²) < 4.78 is 5.71. The predicted molar refractivity (Wildman–Crippen MR) is 75.7 cm³/mol. The molecule has 0 atom stereocenters. The molecule has 2 rings (SSSR count). The lowest BCUT2D eigenvalue weighted by atomic mass is 10.0. The Hall–Kier alpha value is -1.87. The molecule has 2 aromatic rings. The van der Waals surface area contributed by atoms with E-state index in [9.17, 15) is 9.90 Å². The first-order valence-corrected chi connectivity index (χ1v) is 6.26. The molecule has 0 saturated heterocycles. The first-order chi connectivity index (χ1) is 8.88. The molecule has 0 fully saturated rings. The second-order valence-electron chi connectivity index (χ2n) is 5.32. The van der Waals surface area contributed by atoms with Crippen LogP contribution in [0, 0.1) is 0 Å². The predicted octanol–water partition coefficient (Wildman–Crippen LogP) is 3.19. The van der Waals surface area contributed by atoms with Gasteiger partial charge in [0.05, 0.1) is 11.2 Å². The molecule has 0 radical (unpaired) electrons. The number of fused-ring (bicyclic) bond motifs is 1. The number of Topliss-reactive ketones (excluding diaryl/α,β-unsaturated/α-hetero) is 1. The minimum atomic E-state index is -0.939. The Labute approximate surface area is 112 Å². The van der Waals surface area contributed by atoms with Gasteiger partial charge in [0.15, 0.2) is 5.78 Å². The van der Waals surface area contributed by atoms with Gasteiger partial charge in [0, 0.05) is 5.39 Å². The number of hydrogen-bond acceptors (Lipinski definition) is 3. The topological polar surface area (TPSA) is 46.5 Å². The average Bonchev–Trinajstić information content (AvgIpc) is 2.34. The summed E-state index contributed by atoms with van der Waals surface area (Å²) in [5.41, 5.74) is -0.395. The molecule has 0 heterocycles. The maximum atomic E-state index is 11.7. The zero-order chi connectivity index (χ0) is 14.0. The Bertz CT molecular complexity index is 609. The number of carbonyl (C=O) groups excluding carboxylic acids is 1. The van der Waals surface area contributed by atoms with Crippen molar-refractivity contribution in [1.82, 2.24) is 0 Å². The van der Waals surface area contributed by atoms with Crippen LogP contribution in [0.2, 0.25) is 0 Å². The van der Waals surface area contributed by atoms with Crippen LogP contribution in [0.15, 0.2) is 36.4 Å². The second-order valence-corrected chi connectivity index (χ2v) is 5.32. The normalized spacial score (nSPS) is 11.6. The van der Waals surface area contributed by atoms with Crippen LogP contribution in [-0.2, 0) is 0 Å². The lowest BCUT2D eigenvalue weighted by Gasteiger charge is -2.20. The van der Waals surface area contributed by atoms with Crippen molar-refractivity contribution in [2.45, 2.75) is 26.4 Å². The Kier molecular flexibility index (Phi) is 3.58. The van der Waals surface area contributed by atoms with Gasteiger partial charge in [-0.15, -0.1) is 0 Å². The summed E-state index contributed by atoms with van der Waals surface area (Å²) in [5, 5.41) is 11.7. The molecule has 0 aliphatic heterocycles. The number of carbonyl (C=O) groups is 1. The molecule has 3 heteroatoms. The molecule has 0 aromatic heterocycles. The Morgan fingerprint density at radius 3 is 2.53 bits per heavy atom. The van der Waals surface area contributed by atoms with Gasteiger partial charge in [-0.1, -0.05) is 30.3 Å². The lowest BCUT2D eigenvalue weighted by Crippen LogP contribution is -2.28. The van der Waals surface area contributed by atoms with Crippen LogP contribution in [0.25, 0.3) is 10.8 Å². The third-order valence-electron chi connectivity index (χ3n) is 2.83. The van der Waals surface area contributed by atoms with Crippen molar-refractivity contribution in [1.29, 1.82) is 0 Å². The van der Waals surface area contributed by atoms with E-state index in [2.05, 4.69) is 0 Å². The van der Waals surface area contributed by atoms with E-state index in [1.165, 1.54) is 6.92 Å². The van der Waals surface area contributed by atoms with E-state index in [1.807, 2.05) is 30.3 Å². The van der Waals surface area contributed by atoms with Gasteiger partial charge in [-0.25, -0.2) is 0 Å². The van der Waals surface area contributed by atoms with Gasteiger partial charge in [0.2, 0.25) is 0 Å². The van der Waals surface area contributed by atoms with Gasteiger partial charge in [-0.3, -0.25) is 4.79 Å². The number of ether oxygens (including phenoxy) is 1. The van der Waals surface area contributed by atoms with Crippen LogP contribution in [0.1, 0.15) is 31.1 Å². The standard InChI is InChI=1S/C16H18O3/c1-11(17)13-9-8-12-6-4-5-7-14(12)15(13)19-10-16(2,3)18/h4-9,18H,10H2,1-3H3. The SMILES string of the molecule is CC(=O)c1ccc2ccccc2c1OCC(C)(C)O. The van der Waals surface area contributed by atoms with Gasteiger partial charge in [0.1, 0.15) is 12.4 Å². The third kappa shape index (κ3) is 3.12. The minimum absolute atomic E-state index is 0.0449. The number of ketones is 1. The van der Waals surface area contributed by atoms with Crippen molar-refractivity contribution < 1.29 is 14.6 Å². The van der Waals surface area contributed by atoms with Crippen LogP contribution in [0.3, 0.4) is 0 Å². The quantitative estimate of drug-likeness (QED) is 0.857. The zero-order valence-electron chi connectivity index (χ0n) is 11.4. The molecule has 0 aliphatic carbocycles. The van der Waals surface area contributed by atoms with E-state index in [4.69, 9.17) is 4.74 Å². The Balaban J connectivity index is 2.53. The maximum Gasteiger partial charge on any atom is 0.163 e. The number of benzene rings is 2. The summed E-state index contributed by atoms with van der Waals surface area (Å²) in [6, 6.07) is 11.4. The molecule has 0 bridgehead atoms. The second kappa shape index (κ2) is 5.02. The first-order valence-electron chi connectivity index (χ1n) is 6.26. The fraction of sp³-hybridized carbons (Fsp3) is 0.312. The van der Waals surface area contributed by atoms with Crippen LogP contribution < -0.4 is 4.74 Å². The van der Waals surface area contributed by atoms with Crippen LogP contribution in [0.4, 0.5) is 0 Å². The molecule has 0 aliphatic rings. The molecule has 1 N–H and O–H groups in total. The average molecular weight is 258 g/mol. The fourth-order valence-corrected chi connectivity index (χ4v) is 1.92. The summed E-state index contributed by atoms with van der Waals surface area (Å²) in [4.78, 5) is 11.7. The Morgan fingerprint density at radius 2 is 1.89 bits per heavy atom. The number of hydrogen-bond donors (Lipinski definition) is 1. The highest BCUT2D eigenvalue weighted by Crippen LogP contribution is 2.30. The molecule has 19 heavy (non-hydrogen) atoms. The molecule has 2 aromatic carbocycles. The zero-order valence-corrected chi connectivity index (χ0v) is 11.4. The highest BCUT2D eigenvalue weighted by atomic mass is 16.5. The van der Waals surface area contributed by atoms with E-state index in [0.717, 1.165) is 10.8 Å². The van der Waals surface area contributed by atoms with Gasteiger partial charge in [-0.2, -0.15) is 0 Å². The molecule has 0 spiro atoms. The van der Waals surface area contributed by atoms with Gasteiger partial charge < -0.3 is 9.84 Å². The van der Waals surface area contributed by atoms with Crippen molar-refractivity contribution >= 4 is 16.6 Å². The van der Waals surface area contributed by atoms with Crippen molar-refractivity contribution in [3.8, 4) is 5.75 Å². The summed E-state index contributed by atoms with van der Waals surface area (Å²) >= 11 is 0. The van der Waals surface area contributed by atoms with Crippen molar-refractivity contribution in [2.24, 2.45) is 0 Å². The van der Waals surface area contributed by atoms with E-state index >= 15 is 0 Å². The van der Waals surface area contributed by atoms with Crippen molar-refractivity contribution in [3.63, 3.8) is 0 Å². The van der Waals surface area contributed by atoms with Gasteiger partial charge in [-0.05, 0) is 32.2 Å². The van der Waals surface area contributed by atoms with Crippen LogP contribution >= 0.6 is 0 Å². The molecule has 0 amide bonds. The summed E-state index contributed by atoms with van der Waals surface area (Å²) in [6.07, 6.45) is 0. The van der Waals surface area contributed by atoms with E-state index < -0.39 is 5.60 Å². The van der Waals surface area contributed by atoms with Crippen molar-refractivity contribution in [3.05, 3.63) is 42.0 Å². The summed E-state index contributed by atoms with van der Waals surface area (Å²) in [7, 11) is 0. The summed E-state index contributed by atoms with van der Waals surface area (Å²) in [5.74, 6) is 0.504. The molecule has 100 valence electrons. The van der Waals surface area contributed by atoms with E-state index in [1.54, 1.807) is 19.9 Å². The lowest BCUT2D eigenvalue weighted by molar-refractivity contribution is 0.0286. The van der Waals surface area contributed by atoms with Crippen LogP contribution in [0.5, 0.6) is 5.75 Å². The minimum Gasteiger partial charge on any atom is -0.489 e. The number of aliphatic hydroxyl groups is 1. The highest BCUT2D eigenvalue weighted by molar-refractivity contribution is 6.03. The molecular formula is C16H18O3. The Morgan fingerprint density at radius 1 is 1.21 bits per heavy atom. The van der Waals surface area contributed by atoms with Gasteiger partial charge in [0.25, 0.3) is 0 Å². The molecule has 0 unspecified atom stereocenters. The molecular weight excluding hydrogens is 240 g/mol. The number of rotatable bonds is 4. The first kappa shape index (κ1) is 13.6. The maximum absolute atomic E-state index is 11.7. The fourth-order valence-electron chi connectivity index (χ4n) is 1.92. The van der Waals surface area contributed by atoms with Gasteiger partial charge >= 0.3 is 0 Å². The third-order valence-corrected chi connectivity index (χ3v) is 2.83. The van der Waals surface area contributed by atoms with Crippen LogP contribution in [-0.4, -0.2) is 23.1 Å². The van der Waals surface area contributed by atoms with E-state index in [-0.39, 0.29) is 12.4 Å². The molecule has 0 saturated carbocycles.